The summed E-state index contributed by atoms with van der Waals surface area (Å²) >= 11 is 0. The topological polar surface area (TPSA) is 50.4 Å². The van der Waals surface area contributed by atoms with Crippen LogP contribution in [0.5, 0.6) is 0 Å². The lowest BCUT2D eigenvalue weighted by Crippen LogP contribution is -2.47. The summed E-state index contributed by atoms with van der Waals surface area (Å²) in [5.74, 6) is 1.33. The number of hydrogen-bond acceptors (Lipinski definition) is 3. The molecule has 2 fully saturated rings. The van der Waals surface area contributed by atoms with Crippen molar-refractivity contribution in [2.75, 3.05) is 13.1 Å². The van der Waals surface area contributed by atoms with Gasteiger partial charge in [0.2, 0.25) is 0 Å². The smallest absolute Gasteiger partial charge is 0.407 e. The van der Waals surface area contributed by atoms with Gasteiger partial charge in [0.25, 0.3) is 0 Å². The lowest BCUT2D eigenvalue weighted by molar-refractivity contribution is 0.0461. The number of nitrogens with one attached hydrogen (secondary N) is 2. The molecule has 0 aromatic heterocycles. The van der Waals surface area contributed by atoms with E-state index in [4.69, 9.17) is 4.74 Å². The van der Waals surface area contributed by atoms with Crippen LogP contribution in [0.4, 0.5) is 4.79 Å². The van der Waals surface area contributed by atoms with E-state index in [1.54, 1.807) is 0 Å². The zero-order valence-corrected chi connectivity index (χ0v) is 12.3. The lowest BCUT2D eigenvalue weighted by atomic mass is 9.78. The molecule has 2 rings (SSSR count). The van der Waals surface area contributed by atoms with Crippen LogP contribution in [0.2, 0.25) is 0 Å². The number of rotatable bonds is 1. The third-order valence-corrected chi connectivity index (χ3v) is 3.70. The summed E-state index contributed by atoms with van der Waals surface area (Å²) in [6.45, 7) is 7.83. The van der Waals surface area contributed by atoms with E-state index in [-0.39, 0.29) is 18.5 Å². The Labute approximate surface area is 116 Å². The fourth-order valence-electron chi connectivity index (χ4n) is 2.99. The first-order chi connectivity index (χ1) is 7.96. The minimum absolute atomic E-state index is 0. The van der Waals surface area contributed by atoms with E-state index in [0.717, 1.165) is 25.4 Å². The number of hydrogen-bond donors (Lipinski definition) is 2. The third-order valence-electron chi connectivity index (χ3n) is 3.70. The Morgan fingerprint density at radius 3 is 2.67 bits per heavy atom. The van der Waals surface area contributed by atoms with Crippen molar-refractivity contribution in [3.63, 3.8) is 0 Å². The fourth-order valence-corrected chi connectivity index (χ4v) is 2.99. The van der Waals surface area contributed by atoms with Gasteiger partial charge >= 0.3 is 6.09 Å². The summed E-state index contributed by atoms with van der Waals surface area (Å²) in [5.41, 5.74) is -0.411. The van der Waals surface area contributed by atoms with Crippen molar-refractivity contribution in [2.24, 2.45) is 11.8 Å². The van der Waals surface area contributed by atoms with Crippen LogP contribution >= 0.6 is 12.4 Å². The van der Waals surface area contributed by atoms with Gasteiger partial charge in [-0.3, -0.25) is 0 Å². The van der Waals surface area contributed by atoms with Crippen molar-refractivity contribution >= 4 is 18.5 Å². The molecule has 4 nitrogen and oxygen atoms in total. The molecule has 0 unspecified atom stereocenters. The van der Waals surface area contributed by atoms with Crippen LogP contribution in [-0.4, -0.2) is 30.8 Å². The second-order valence-corrected chi connectivity index (χ2v) is 6.27. The minimum atomic E-state index is -0.411. The Morgan fingerprint density at radius 2 is 2.00 bits per heavy atom. The number of amides is 1. The van der Waals surface area contributed by atoms with E-state index in [2.05, 4.69) is 10.6 Å². The molecule has 1 heterocycles. The third kappa shape index (κ3) is 4.02. The zero-order chi connectivity index (χ0) is 12.5. The maximum atomic E-state index is 11.8. The van der Waals surface area contributed by atoms with Crippen molar-refractivity contribution in [2.45, 2.75) is 51.7 Å². The molecular formula is C13H25ClN2O2. The molecule has 106 valence electrons. The lowest BCUT2D eigenvalue weighted by Gasteiger charge is -2.34. The van der Waals surface area contributed by atoms with Crippen molar-refractivity contribution in [1.82, 2.24) is 10.6 Å². The van der Waals surface area contributed by atoms with Crippen LogP contribution in [-0.2, 0) is 4.74 Å². The molecule has 1 aliphatic heterocycles. The first-order valence-electron chi connectivity index (χ1n) is 6.66. The zero-order valence-electron chi connectivity index (χ0n) is 11.5. The van der Waals surface area contributed by atoms with Gasteiger partial charge in [-0.25, -0.2) is 4.79 Å². The Balaban J connectivity index is 0.00000162. The summed E-state index contributed by atoms with van der Waals surface area (Å²) in [6.07, 6.45) is 3.32. The fraction of sp³-hybridized carbons (Fsp3) is 0.923. The molecule has 0 radical (unpaired) electrons. The molecule has 1 amide bonds. The van der Waals surface area contributed by atoms with Gasteiger partial charge in [0.15, 0.2) is 0 Å². The van der Waals surface area contributed by atoms with Crippen LogP contribution in [0.15, 0.2) is 0 Å². The van der Waals surface area contributed by atoms with E-state index in [1.165, 1.54) is 12.8 Å². The number of carbonyl (C=O) groups is 1. The summed E-state index contributed by atoms with van der Waals surface area (Å²) in [7, 11) is 0. The van der Waals surface area contributed by atoms with Crippen LogP contribution < -0.4 is 10.6 Å². The SMILES string of the molecule is CC(C)(C)OC(=O)N[C@@H]1CCC[C@@H]2CNC[C@@H]21.Cl. The normalized spacial score (nSPS) is 31.2. The summed E-state index contributed by atoms with van der Waals surface area (Å²) < 4.78 is 5.32. The van der Waals surface area contributed by atoms with Gasteiger partial charge in [0.05, 0.1) is 0 Å². The average molecular weight is 277 g/mol. The van der Waals surface area contributed by atoms with Gasteiger partial charge in [0, 0.05) is 12.6 Å². The summed E-state index contributed by atoms with van der Waals surface area (Å²) in [4.78, 5) is 11.8. The molecule has 3 atom stereocenters. The Bertz CT molecular complexity index is 291. The Kier molecular flexibility index (Phi) is 5.29. The van der Waals surface area contributed by atoms with Gasteiger partial charge < -0.3 is 15.4 Å². The van der Waals surface area contributed by atoms with Crippen molar-refractivity contribution in [1.29, 1.82) is 0 Å². The van der Waals surface area contributed by atoms with Gasteiger partial charge in [0.1, 0.15) is 5.60 Å². The molecule has 1 saturated carbocycles. The van der Waals surface area contributed by atoms with Crippen LogP contribution in [0.1, 0.15) is 40.0 Å². The van der Waals surface area contributed by atoms with Gasteiger partial charge in [-0.2, -0.15) is 0 Å². The molecule has 0 spiro atoms. The number of fused-ring (bicyclic) bond motifs is 1. The first kappa shape index (κ1) is 15.6. The molecular weight excluding hydrogens is 252 g/mol. The van der Waals surface area contributed by atoms with Crippen LogP contribution in [0.3, 0.4) is 0 Å². The molecule has 1 saturated heterocycles. The maximum Gasteiger partial charge on any atom is 0.407 e. The van der Waals surface area contributed by atoms with Crippen LogP contribution in [0, 0.1) is 11.8 Å². The molecule has 2 aliphatic rings. The molecule has 0 bridgehead atoms. The molecule has 5 heteroatoms. The number of ether oxygens (including phenoxy) is 1. The second-order valence-electron chi connectivity index (χ2n) is 6.27. The largest absolute Gasteiger partial charge is 0.444 e. The highest BCUT2D eigenvalue weighted by Crippen LogP contribution is 2.32. The number of alkyl carbamates (subject to hydrolysis) is 1. The quantitative estimate of drug-likeness (QED) is 0.773. The average Bonchev–Trinajstić information content (AvgIpc) is 2.63. The van der Waals surface area contributed by atoms with Gasteiger partial charge in [-0.1, -0.05) is 6.42 Å². The maximum absolute atomic E-state index is 11.8. The Morgan fingerprint density at radius 1 is 1.28 bits per heavy atom. The number of halogens is 1. The highest BCUT2D eigenvalue weighted by atomic mass is 35.5. The minimum Gasteiger partial charge on any atom is -0.444 e. The summed E-state index contributed by atoms with van der Waals surface area (Å²) in [5, 5.41) is 6.47. The van der Waals surface area contributed by atoms with E-state index in [1.807, 2.05) is 20.8 Å². The van der Waals surface area contributed by atoms with E-state index >= 15 is 0 Å². The molecule has 1 aliphatic carbocycles. The molecule has 0 aromatic rings. The standard InChI is InChI=1S/C13H24N2O2.ClH/c1-13(2,3)17-12(16)15-11-6-4-5-9-7-14-8-10(9)11;/h9-11,14H,4-8H2,1-3H3,(H,15,16);1H/t9-,10+,11-;/m1./s1. The predicted molar refractivity (Wildman–Crippen MR) is 74.1 cm³/mol. The van der Waals surface area contributed by atoms with E-state index in [9.17, 15) is 4.79 Å². The highest BCUT2D eigenvalue weighted by molar-refractivity contribution is 5.85. The molecule has 18 heavy (non-hydrogen) atoms. The molecule has 0 aromatic carbocycles. The number of carbonyl (C=O) groups excluding carboxylic acids is 1. The monoisotopic (exact) mass is 276 g/mol. The van der Waals surface area contributed by atoms with E-state index in [0.29, 0.717) is 12.0 Å². The predicted octanol–water partition coefficient (Wildman–Crippen LogP) is 2.32. The van der Waals surface area contributed by atoms with E-state index < -0.39 is 5.60 Å². The van der Waals surface area contributed by atoms with Crippen molar-refractivity contribution in [3.8, 4) is 0 Å². The Hall–Kier alpha value is -0.480. The first-order valence-corrected chi connectivity index (χ1v) is 6.66. The van der Waals surface area contributed by atoms with Crippen molar-refractivity contribution < 1.29 is 9.53 Å². The van der Waals surface area contributed by atoms with Gasteiger partial charge in [-0.15, -0.1) is 12.4 Å². The van der Waals surface area contributed by atoms with Crippen LogP contribution in [0.25, 0.3) is 0 Å². The van der Waals surface area contributed by atoms with Crippen molar-refractivity contribution in [3.05, 3.63) is 0 Å². The highest BCUT2D eigenvalue weighted by Gasteiger charge is 2.37. The van der Waals surface area contributed by atoms with Gasteiger partial charge in [-0.05, 0) is 52.0 Å². The molecule has 2 N–H and O–H groups in total. The second kappa shape index (κ2) is 6.11. The summed E-state index contributed by atoms with van der Waals surface area (Å²) in [6, 6.07) is 0.290.